The van der Waals surface area contributed by atoms with Crippen molar-refractivity contribution in [3.05, 3.63) is 23.8 Å². The maximum absolute atomic E-state index is 13.0. The SMILES string of the molecule is COc1ccc(C)cc1S(=O)(=O)N1CCCN(CC2CC2)CC1. The summed E-state index contributed by atoms with van der Waals surface area (Å²) in [6.07, 6.45) is 3.55. The molecule has 0 bridgehead atoms. The molecule has 0 unspecified atom stereocenters. The minimum Gasteiger partial charge on any atom is -0.495 e. The number of rotatable bonds is 5. The van der Waals surface area contributed by atoms with E-state index in [1.165, 1.54) is 20.0 Å². The molecule has 128 valence electrons. The Bertz CT molecular complexity index is 656. The van der Waals surface area contributed by atoms with Gasteiger partial charge in [0.15, 0.2) is 0 Å². The van der Waals surface area contributed by atoms with Gasteiger partial charge in [-0.25, -0.2) is 8.42 Å². The van der Waals surface area contributed by atoms with E-state index in [2.05, 4.69) is 4.90 Å². The lowest BCUT2D eigenvalue weighted by Gasteiger charge is -2.22. The van der Waals surface area contributed by atoms with Crippen LogP contribution in [0.1, 0.15) is 24.8 Å². The van der Waals surface area contributed by atoms with Gasteiger partial charge in [0.1, 0.15) is 10.6 Å². The minimum absolute atomic E-state index is 0.288. The van der Waals surface area contributed by atoms with Gasteiger partial charge in [-0.05, 0) is 56.3 Å². The summed E-state index contributed by atoms with van der Waals surface area (Å²) in [6.45, 7) is 5.99. The van der Waals surface area contributed by atoms with Crippen LogP contribution in [0.15, 0.2) is 23.1 Å². The van der Waals surface area contributed by atoms with Gasteiger partial charge in [0.25, 0.3) is 0 Å². The number of aryl methyl sites for hydroxylation is 1. The van der Waals surface area contributed by atoms with Crippen LogP contribution in [0.4, 0.5) is 0 Å². The molecule has 0 radical (unpaired) electrons. The molecule has 1 aromatic carbocycles. The molecule has 1 aromatic rings. The number of hydrogen-bond donors (Lipinski definition) is 0. The number of benzene rings is 1. The third-order valence-electron chi connectivity index (χ3n) is 4.70. The van der Waals surface area contributed by atoms with Crippen LogP contribution in [0.3, 0.4) is 0 Å². The molecular weight excluding hydrogens is 312 g/mol. The van der Waals surface area contributed by atoms with Gasteiger partial charge in [0.2, 0.25) is 10.0 Å². The summed E-state index contributed by atoms with van der Waals surface area (Å²) >= 11 is 0. The zero-order chi connectivity index (χ0) is 16.4. The average Bonchev–Trinajstić information content (AvgIpc) is 3.35. The van der Waals surface area contributed by atoms with Crippen molar-refractivity contribution in [2.75, 3.05) is 39.8 Å². The molecule has 1 saturated carbocycles. The van der Waals surface area contributed by atoms with Crippen LogP contribution < -0.4 is 4.74 Å². The Hall–Kier alpha value is -1.11. The fourth-order valence-corrected chi connectivity index (χ4v) is 4.87. The first-order valence-corrected chi connectivity index (χ1v) is 9.82. The van der Waals surface area contributed by atoms with E-state index in [4.69, 9.17) is 4.74 Å². The zero-order valence-corrected chi connectivity index (χ0v) is 14.8. The van der Waals surface area contributed by atoms with Crippen molar-refractivity contribution in [3.8, 4) is 5.75 Å². The van der Waals surface area contributed by atoms with Crippen LogP contribution in [-0.2, 0) is 10.0 Å². The Labute approximate surface area is 139 Å². The molecule has 0 aromatic heterocycles. The Balaban J connectivity index is 1.77. The van der Waals surface area contributed by atoms with Crippen molar-refractivity contribution in [2.24, 2.45) is 5.92 Å². The summed E-state index contributed by atoms with van der Waals surface area (Å²) in [5.41, 5.74) is 0.926. The van der Waals surface area contributed by atoms with E-state index in [0.717, 1.165) is 37.5 Å². The van der Waals surface area contributed by atoms with E-state index in [9.17, 15) is 8.42 Å². The highest BCUT2D eigenvalue weighted by Crippen LogP contribution is 2.31. The molecule has 3 rings (SSSR count). The molecule has 1 heterocycles. The number of hydrogen-bond acceptors (Lipinski definition) is 4. The lowest BCUT2D eigenvalue weighted by atomic mass is 10.2. The summed E-state index contributed by atoms with van der Waals surface area (Å²) in [4.78, 5) is 2.70. The molecule has 23 heavy (non-hydrogen) atoms. The summed E-state index contributed by atoms with van der Waals surface area (Å²) in [7, 11) is -1.99. The van der Waals surface area contributed by atoms with Gasteiger partial charge in [-0.1, -0.05) is 6.07 Å². The Morgan fingerprint density at radius 1 is 1.17 bits per heavy atom. The van der Waals surface area contributed by atoms with Crippen molar-refractivity contribution >= 4 is 10.0 Å². The van der Waals surface area contributed by atoms with Crippen molar-refractivity contribution in [1.29, 1.82) is 0 Å². The van der Waals surface area contributed by atoms with Gasteiger partial charge < -0.3 is 9.64 Å². The summed E-state index contributed by atoms with van der Waals surface area (Å²) in [5, 5.41) is 0. The largest absolute Gasteiger partial charge is 0.495 e. The molecular formula is C17H26N2O3S. The highest BCUT2D eigenvalue weighted by Gasteiger charge is 2.31. The maximum atomic E-state index is 13.0. The lowest BCUT2D eigenvalue weighted by Crippen LogP contribution is -2.35. The quantitative estimate of drug-likeness (QED) is 0.825. The maximum Gasteiger partial charge on any atom is 0.246 e. The second-order valence-electron chi connectivity index (χ2n) is 6.66. The summed E-state index contributed by atoms with van der Waals surface area (Å²) in [6, 6.07) is 5.32. The topological polar surface area (TPSA) is 49.9 Å². The summed E-state index contributed by atoms with van der Waals surface area (Å²) < 4.78 is 33.0. The molecule has 5 nitrogen and oxygen atoms in total. The van der Waals surface area contributed by atoms with Gasteiger partial charge in [-0.2, -0.15) is 4.31 Å². The van der Waals surface area contributed by atoms with Crippen molar-refractivity contribution in [3.63, 3.8) is 0 Å². The predicted octanol–water partition coefficient (Wildman–Crippen LogP) is 2.11. The molecule has 0 spiro atoms. The number of methoxy groups -OCH3 is 1. The second-order valence-corrected chi connectivity index (χ2v) is 8.56. The standard InChI is InChI=1S/C17H26N2O3S/c1-14-4-7-16(22-2)17(12-14)23(20,21)19-9-3-8-18(10-11-19)13-15-5-6-15/h4,7,12,15H,3,5-6,8-11,13H2,1-2H3. The monoisotopic (exact) mass is 338 g/mol. The van der Waals surface area contributed by atoms with Crippen LogP contribution in [0, 0.1) is 12.8 Å². The Kier molecular flexibility index (Phi) is 4.94. The molecule has 1 saturated heterocycles. The first-order chi connectivity index (χ1) is 11.0. The van der Waals surface area contributed by atoms with Gasteiger partial charge >= 0.3 is 0 Å². The van der Waals surface area contributed by atoms with Gasteiger partial charge in [-0.15, -0.1) is 0 Å². The van der Waals surface area contributed by atoms with Crippen molar-refractivity contribution in [1.82, 2.24) is 9.21 Å². The first kappa shape index (κ1) is 16.7. The van der Waals surface area contributed by atoms with Crippen LogP contribution >= 0.6 is 0 Å². The molecule has 6 heteroatoms. The van der Waals surface area contributed by atoms with Gasteiger partial charge in [0.05, 0.1) is 7.11 Å². The van der Waals surface area contributed by atoms with E-state index in [1.807, 2.05) is 13.0 Å². The molecule has 0 N–H and O–H groups in total. The second kappa shape index (κ2) is 6.79. The molecule has 0 atom stereocenters. The van der Waals surface area contributed by atoms with E-state index >= 15 is 0 Å². The van der Waals surface area contributed by atoms with E-state index < -0.39 is 10.0 Å². The molecule has 2 aliphatic rings. The van der Waals surface area contributed by atoms with Crippen molar-refractivity contribution < 1.29 is 13.2 Å². The lowest BCUT2D eigenvalue weighted by molar-refractivity contribution is 0.275. The number of nitrogens with zero attached hydrogens (tertiary/aromatic N) is 2. The molecule has 0 amide bonds. The first-order valence-electron chi connectivity index (χ1n) is 8.38. The number of ether oxygens (including phenoxy) is 1. The normalized spacial score (nSPS) is 21.1. The fourth-order valence-electron chi connectivity index (χ4n) is 3.16. The predicted molar refractivity (Wildman–Crippen MR) is 90.3 cm³/mol. The average molecular weight is 338 g/mol. The van der Waals surface area contributed by atoms with Crippen LogP contribution in [0.2, 0.25) is 0 Å². The zero-order valence-electron chi connectivity index (χ0n) is 14.0. The molecule has 1 aliphatic carbocycles. The van der Waals surface area contributed by atoms with Crippen LogP contribution in [0.5, 0.6) is 5.75 Å². The van der Waals surface area contributed by atoms with Crippen LogP contribution in [-0.4, -0.2) is 57.5 Å². The highest BCUT2D eigenvalue weighted by molar-refractivity contribution is 7.89. The van der Waals surface area contributed by atoms with E-state index in [0.29, 0.717) is 18.8 Å². The van der Waals surface area contributed by atoms with Crippen molar-refractivity contribution in [2.45, 2.75) is 31.1 Å². The highest BCUT2D eigenvalue weighted by atomic mass is 32.2. The third kappa shape index (κ3) is 3.87. The Morgan fingerprint density at radius 3 is 2.65 bits per heavy atom. The minimum atomic E-state index is -3.51. The molecule has 1 aliphatic heterocycles. The molecule has 2 fully saturated rings. The Morgan fingerprint density at radius 2 is 1.96 bits per heavy atom. The van der Waals surface area contributed by atoms with E-state index in [1.54, 1.807) is 16.4 Å². The third-order valence-corrected chi connectivity index (χ3v) is 6.62. The smallest absolute Gasteiger partial charge is 0.246 e. The summed E-state index contributed by atoms with van der Waals surface area (Å²) in [5.74, 6) is 1.27. The van der Waals surface area contributed by atoms with E-state index in [-0.39, 0.29) is 4.90 Å². The fraction of sp³-hybridized carbons (Fsp3) is 0.647. The number of sulfonamides is 1. The van der Waals surface area contributed by atoms with Crippen LogP contribution in [0.25, 0.3) is 0 Å². The van der Waals surface area contributed by atoms with Gasteiger partial charge in [-0.3, -0.25) is 0 Å². The van der Waals surface area contributed by atoms with Gasteiger partial charge in [0, 0.05) is 26.2 Å².